The lowest BCUT2D eigenvalue weighted by Crippen LogP contribution is -1.97. The maximum absolute atomic E-state index is 9.69. The van der Waals surface area contributed by atoms with Gasteiger partial charge in [0, 0.05) is 33.4 Å². The van der Waals surface area contributed by atoms with Crippen molar-refractivity contribution in [3.05, 3.63) is 126 Å². The molecule has 4 nitrogen and oxygen atoms in total. The van der Waals surface area contributed by atoms with Gasteiger partial charge < -0.3 is 14.4 Å². The Kier molecular flexibility index (Phi) is 4.70. The van der Waals surface area contributed by atoms with Crippen LogP contribution in [0.2, 0.25) is 0 Å². The lowest BCUT2D eigenvalue weighted by molar-refractivity contribution is 0.669. The fourth-order valence-electron chi connectivity index (χ4n) is 6.07. The molecule has 4 heteroatoms. The molecule has 0 aliphatic carbocycles. The molecule has 40 heavy (non-hydrogen) atoms. The van der Waals surface area contributed by atoms with Gasteiger partial charge in [-0.15, -0.1) is 0 Å². The summed E-state index contributed by atoms with van der Waals surface area (Å²) in [6, 6.07) is 41.8. The van der Waals surface area contributed by atoms with E-state index in [0.717, 1.165) is 55.2 Å². The molecule has 0 saturated heterocycles. The molecule has 0 atom stereocenters. The van der Waals surface area contributed by atoms with E-state index in [9.17, 15) is 5.26 Å². The van der Waals surface area contributed by atoms with Crippen LogP contribution in [0.3, 0.4) is 0 Å². The number of fused-ring (bicyclic) bond motifs is 8. The highest BCUT2D eigenvalue weighted by molar-refractivity contribution is 6.22. The summed E-state index contributed by atoms with van der Waals surface area (Å²) in [5, 5.41) is 24.4. The molecule has 0 amide bonds. The molecular formula is C36H21N3O. The van der Waals surface area contributed by atoms with Gasteiger partial charge in [-0.3, -0.25) is 0 Å². The Morgan fingerprint density at radius 3 is 2.23 bits per heavy atom. The Labute approximate surface area is 229 Å². The van der Waals surface area contributed by atoms with E-state index in [1.165, 1.54) is 22.4 Å². The average Bonchev–Trinajstić information content (AvgIpc) is 3.55. The van der Waals surface area contributed by atoms with Crippen molar-refractivity contribution in [2.24, 2.45) is 0 Å². The van der Waals surface area contributed by atoms with Crippen LogP contribution in [0.5, 0.6) is 0 Å². The number of furan rings is 1. The van der Waals surface area contributed by atoms with E-state index < -0.39 is 0 Å². The fourth-order valence-corrected chi connectivity index (χ4v) is 6.07. The monoisotopic (exact) mass is 511 g/mol. The zero-order valence-electron chi connectivity index (χ0n) is 21.3. The normalized spacial score (nSPS) is 11.6. The topological polar surface area (TPSA) is 65.7 Å². The summed E-state index contributed by atoms with van der Waals surface area (Å²) in [5.74, 6) is 0. The maximum atomic E-state index is 9.69. The van der Waals surface area contributed by atoms with Crippen molar-refractivity contribution in [3.8, 4) is 22.9 Å². The lowest BCUT2D eigenvalue weighted by atomic mass is 9.99. The van der Waals surface area contributed by atoms with Crippen molar-refractivity contribution in [1.82, 2.24) is 4.57 Å². The highest BCUT2D eigenvalue weighted by atomic mass is 16.3. The average molecular weight is 512 g/mol. The number of rotatable bonds is 3. The molecule has 0 spiro atoms. The Balaban J connectivity index is 1.45. The van der Waals surface area contributed by atoms with E-state index in [1.807, 2.05) is 30.3 Å². The number of nitrogens with one attached hydrogen (secondary N) is 1. The van der Waals surface area contributed by atoms with Crippen LogP contribution in [0, 0.1) is 16.7 Å². The van der Waals surface area contributed by atoms with Crippen molar-refractivity contribution in [1.29, 1.82) is 10.7 Å². The van der Waals surface area contributed by atoms with Crippen LogP contribution in [0.25, 0.3) is 71.3 Å². The van der Waals surface area contributed by atoms with E-state index in [2.05, 4.69) is 89.5 Å². The SMILES string of the molecule is N#Cc1cc(C=N)cc(-n2c3ccc(-c4ccc5oc6ccccc6c5c4)cc3c3c4ccccc4ccc32)c1. The van der Waals surface area contributed by atoms with Crippen molar-refractivity contribution >= 4 is 60.7 Å². The third-order valence-corrected chi connectivity index (χ3v) is 7.86. The summed E-state index contributed by atoms with van der Waals surface area (Å²) >= 11 is 0. The van der Waals surface area contributed by atoms with Gasteiger partial charge in [-0.1, -0.05) is 60.7 Å². The Morgan fingerprint density at radius 2 is 1.38 bits per heavy atom. The number of benzene rings is 6. The van der Waals surface area contributed by atoms with Gasteiger partial charge in [-0.05, 0) is 82.1 Å². The van der Waals surface area contributed by atoms with Crippen molar-refractivity contribution in [2.75, 3.05) is 0 Å². The highest BCUT2D eigenvalue weighted by Crippen LogP contribution is 2.40. The largest absolute Gasteiger partial charge is 0.456 e. The summed E-state index contributed by atoms with van der Waals surface area (Å²) in [7, 11) is 0. The van der Waals surface area contributed by atoms with E-state index in [1.54, 1.807) is 6.07 Å². The number of hydrogen-bond donors (Lipinski definition) is 1. The minimum atomic E-state index is 0.532. The molecule has 186 valence electrons. The van der Waals surface area contributed by atoms with Gasteiger partial charge in [0.05, 0.1) is 22.7 Å². The Morgan fingerprint density at radius 1 is 0.650 bits per heavy atom. The molecule has 0 fully saturated rings. The molecule has 0 bridgehead atoms. The number of nitrogens with zero attached hydrogens (tertiary/aromatic N) is 2. The van der Waals surface area contributed by atoms with Crippen LogP contribution in [-0.4, -0.2) is 10.8 Å². The lowest BCUT2D eigenvalue weighted by Gasteiger charge is -2.10. The maximum Gasteiger partial charge on any atom is 0.135 e. The molecule has 1 N–H and O–H groups in total. The Hall–Kier alpha value is -5.66. The van der Waals surface area contributed by atoms with Crippen LogP contribution in [0.4, 0.5) is 0 Å². The summed E-state index contributed by atoms with van der Waals surface area (Å²) in [5.41, 5.74) is 8.23. The minimum absolute atomic E-state index is 0.532. The van der Waals surface area contributed by atoms with Gasteiger partial charge >= 0.3 is 0 Å². The first-order valence-corrected chi connectivity index (χ1v) is 13.2. The predicted octanol–water partition coefficient (Wildman–Crippen LogP) is 9.37. The molecular weight excluding hydrogens is 490 g/mol. The van der Waals surface area contributed by atoms with E-state index in [0.29, 0.717) is 11.1 Å². The summed E-state index contributed by atoms with van der Waals surface area (Å²) in [6.07, 6.45) is 1.29. The molecule has 6 aromatic carbocycles. The highest BCUT2D eigenvalue weighted by Gasteiger charge is 2.17. The van der Waals surface area contributed by atoms with Gasteiger partial charge in [0.1, 0.15) is 11.2 Å². The molecule has 0 unspecified atom stereocenters. The van der Waals surface area contributed by atoms with Crippen molar-refractivity contribution in [3.63, 3.8) is 0 Å². The van der Waals surface area contributed by atoms with Gasteiger partial charge in [-0.2, -0.15) is 5.26 Å². The van der Waals surface area contributed by atoms with E-state index >= 15 is 0 Å². The number of aromatic nitrogens is 1. The number of para-hydroxylation sites is 1. The zero-order valence-corrected chi connectivity index (χ0v) is 21.3. The molecule has 0 aliphatic heterocycles. The van der Waals surface area contributed by atoms with Crippen LogP contribution in [0.15, 0.2) is 120 Å². The summed E-state index contributed by atoms with van der Waals surface area (Å²) in [6.45, 7) is 0. The standard InChI is InChI=1S/C36H21N3O/c37-20-22-15-23(21-38)17-27(16-22)39-32-12-10-25(19-31(32)36-28-6-2-1-5-24(28)9-13-33(36)39)26-11-14-35-30(18-26)29-7-3-4-8-34(29)40-35/h1-20,37H. The second kappa shape index (κ2) is 8.42. The molecule has 8 rings (SSSR count). The molecule has 0 saturated carbocycles. The van der Waals surface area contributed by atoms with Crippen LogP contribution in [-0.2, 0) is 0 Å². The first-order chi connectivity index (χ1) is 19.7. The minimum Gasteiger partial charge on any atom is -0.456 e. The quantitative estimate of drug-likeness (QED) is 0.240. The molecule has 2 aromatic heterocycles. The first kappa shape index (κ1) is 22.3. The van der Waals surface area contributed by atoms with Crippen LogP contribution < -0.4 is 0 Å². The molecule has 8 aromatic rings. The first-order valence-electron chi connectivity index (χ1n) is 13.2. The number of nitriles is 1. The van der Waals surface area contributed by atoms with Gasteiger partial charge in [0.2, 0.25) is 0 Å². The third-order valence-electron chi connectivity index (χ3n) is 7.86. The van der Waals surface area contributed by atoms with Crippen LogP contribution >= 0.6 is 0 Å². The predicted molar refractivity (Wildman–Crippen MR) is 164 cm³/mol. The number of hydrogen-bond acceptors (Lipinski definition) is 3. The summed E-state index contributed by atoms with van der Waals surface area (Å²) in [4.78, 5) is 0. The fraction of sp³-hybridized carbons (Fsp3) is 0. The van der Waals surface area contributed by atoms with Gasteiger partial charge in [0.15, 0.2) is 0 Å². The zero-order chi connectivity index (χ0) is 26.8. The molecule has 2 heterocycles. The molecule has 0 aliphatic rings. The third kappa shape index (κ3) is 3.22. The van der Waals surface area contributed by atoms with Crippen LogP contribution in [0.1, 0.15) is 11.1 Å². The second-order valence-electron chi connectivity index (χ2n) is 10.1. The smallest absolute Gasteiger partial charge is 0.135 e. The van der Waals surface area contributed by atoms with E-state index in [4.69, 9.17) is 9.83 Å². The van der Waals surface area contributed by atoms with Crippen molar-refractivity contribution < 1.29 is 4.42 Å². The van der Waals surface area contributed by atoms with Gasteiger partial charge in [-0.25, -0.2) is 0 Å². The second-order valence-corrected chi connectivity index (χ2v) is 10.1. The van der Waals surface area contributed by atoms with Gasteiger partial charge in [0.25, 0.3) is 0 Å². The van der Waals surface area contributed by atoms with E-state index in [-0.39, 0.29) is 0 Å². The summed E-state index contributed by atoms with van der Waals surface area (Å²) < 4.78 is 8.28. The Bertz CT molecular complexity index is 2360. The molecule has 0 radical (unpaired) electrons. The van der Waals surface area contributed by atoms with Crippen molar-refractivity contribution in [2.45, 2.75) is 0 Å².